The van der Waals surface area contributed by atoms with Gasteiger partial charge >= 0.3 is 0 Å². The summed E-state index contributed by atoms with van der Waals surface area (Å²) in [5, 5.41) is 0. The number of carbonyl (C=O) groups is 1. The van der Waals surface area contributed by atoms with Gasteiger partial charge in [-0.15, -0.1) is 0 Å². The molecule has 0 aliphatic carbocycles. The van der Waals surface area contributed by atoms with Crippen molar-refractivity contribution in [3.63, 3.8) is 0 Å². The van der Waals surface area contributed by atoms with E-state index >= 15 is 0 Å². The predicted molar refractivity (Wildman–Crippen MR) is 116 cm³/mol. The first-order chi connectivity index (χ1) is 13.0. The summed E-state index contributed by atoms with van der Waals surface area (Å²) in [5.41, 5.74) is 2.81. The monoisotopic (exact) mass is 438 g/mol. The minimum Gasteiger partial charge on any atom is -0.497 e. The smallest absolute Gasteiger partial charge is 0.199 e. The van der Waals surface area contributed by atoms with Crippen LogP contribution in [0.1, 0.15) is 21.5 Å². The average molecular weight is 439 g/mol. The van der Waals surface area contributed by atoms with E-state index < -0.39 is 0 Å². The molecule has 27 heavy (non-hydrogen) atoms. The average Bonchev–Trinajstić information content (AvgIpc) is 2.70. The summed E-state index contributed by atoms with van der Waals surface area (Å²) in [7, 11) is 1.64. The maximum atomic E-state index is 13.1. The Labute approximate surface area is 172 Å². The van der Waals surface area contributed by atoms with Crippen LogP contribution in [0.2, 0.25) is 0 Å². The van der Waals surface area contributed by atoms with Crippen molar-refractivity contribution in [1.82, 2.24) is 0 Å². The first-order valence-corrected chi connectivity index (χ1v) is 10.1. The highest BCUT2D eigenvalue weighted by Gasteiger charge is 2.14. The van der Waals surface area contributed by atoms with Crippen LogP contribution in [-0.2, 0) is 0 Å². The van der Waals surface area contributed by atoms with Crippen molar-refractivity contribution >= 4 is 39.6 Å². The molecule has 0 unspecified atom stereocenters. The largest absolute Gasteiger partial charge is 0.497 e. The molecule has 3 rings (SSSR count). The molecule has 0 aliphatic rings. The lowest BCUT2D eigenvalue weighted by Gasteiger charge is -2.08. The Hall–Kier alpha value is -2.30. The molecular weight excluding hydrogens is 420 g/mol. The second-order valence-electron chi connectivity index (χ2n) is 6.03. The number of Topliss-reactive ketones (excluding diaryl/α,β-unsaturated/α-hetero) is 1. The molecule has 0 fully saturated rings. The summed E-state index contributed by atoms with van der Waals surface area (Å²) in [5.74, 6) is 0.794. The Morgan fingerprint density at radius 1 is 0.926 bits per heavy atom. The molecule has 4 heteroatoms. The zero-order valence-corrected chi connectivity index (χ0v) is 17.5. The number of ketones is 1. The Balaban J connectivity index is 1.96. The topological polar surface area (TPSA) is 26.3 Å². The van der Waals surface area contributed by atoms with Gasteiger partial charge in [0.2, 0.25) is 0 Å². The summed E-state index contributed by atoms with van der Waals surface area (Å²) in [4.78, 5) is 14.8. The molecule has 0 heterocycles. The third-order valence-corrected chi connectivity index (χ3v) is 5.55. The minimum absolute atomic E-state index is 0.00360. The normalized spacial score (nSPS) is 11.3. The maximum absolute atomic E-state index is 13.1. The summed E-state index contributed by atoms with van der Waals surface area (Å²) in [6.07, 6.45) is 1.92. The second-order valence-corrected chi connectivity index (χ2v) is 8.06. The number of hydrogen-bond donors (Lipinski definition) is 0. The summed E-state index contributed by atoms with van der Waals surface area (Å²) >= 11 is 4.89. The number of allylic oxidation sites excluding steroid dienone is 1. The van der Waals surface area contributed by atoms with Gasteiger partial charge in [0.25, 0.3) is 0 Å². The third kappa shape index (κ3) is 5.34. The number of aryl methyl sites for hydroxylation is 1. The summed E-state index contributed by atoms with van der Waals surface area (Å²) < 4.78 is 6.16. The van der Waals surface area contributed by atoms with Gasteiger partial charge in [0.1, 0.15) is 5.75 Å². The van der Waals surface area contributed by atoms with Gasteiger partial charge in [0, 0.05) is 14.9 Å². The van der Waals surface area contributed by atoms with Crippen LogP contribution in [0.3, 0.4) is 0 Å². The van der Waals surface area contributed by atoms with E-state index in [-0.39, 0.29) is 5.78 Å². The van der Waals surface area contributed by atoms with E-state index in [0.717, 1.165) is 20.7 Å². The third-order valence-electron chi connectivity index (χ3n) is 3.99. The number of ether oxygens (including phenoxy) is 1. The molecule has 3 aromatic carbocycles. The van der Waals surface area contributed by atoms with E-state index in [4.69, 9.17) is 4.74 Å². The highest BCUT2D eigenvalue weighted by atomic mass is 79.9. The molecule has 0 radical (unpaired) electrons. The van der Waals surface area contributed by atoms with Crippen molar-refractivity contribution in [3.8, 4) is 5.75 Å². The molecule has 0 aromatic heterocycles. The van der Waals surface area contributed by atoms with Crippen LogP contribution in [0, 0.1) is 6.92 Å². The van der Waals surface area contributed by atoms with Crippen LogP contribution in [0.5, 0.6) is 5.75 Å². The van der Waals surface area contributed by atoms with Gasteiger partial charge in [-0.1, -0.05) is 57.5 Å². The van der Waals surface area contributed by atoms with E-state index in [2.05, 4.69) is 35.0 Å². The fourth-order valence-electron chi connectivity index (χ4n) is 2.47. The van der Waals surface area contributed by atoms with Crippen molar-refractivity contribution < 1.29 is 9.53 Å². The van der Waals surface area contributed by atoms with Crippen molar-refractivity contribution in [2.24, 2.45) is 0 Å². The SMILES string of the molecule is COc1ccc(C=C(Sc2ccc(C)cc2)C(=O)c2ccc(Br)cc2)cc1. The molecule has 0 N–H and O–H groups in total. The molecule has 0 saturated heterocycles. The van der Waals surface area contributed by atoms with Crippen LogP contribution < -0.4 is 4.74 Å². The van der Waals surface area contributed by atoms with E-state index in [1.165, 1.54) is 17.3 Å². The Bertz CT molecular complexity index is 943. The van der Waals surface area contributed by atoms with Crippen LogP contribution in [0.15, 0.2) is 87.1 Å². The van der Waals surface area contributed by atoms with Gasteiger partial charge in [0.05, 0.1) is 12.0 Å². The van der Waals surface area contributed by atoms with Gasteiger partial charge in [-0.3, -0.25) is 4.79 Å². The fourth-order valence-corrected chi connectivity index (χ4v) is 3.67. The van der Waals surface area contributed by atoms with E-state index in [1.54, 1.807) is 7.11 Å². The van der Waals surface area contributed by atoms with Gasteiger partial charge < -0.3 is 4.74 Å². The predicted octanol–water partition coefficient (Wildman–Crippen LogP) is 6.78. The quantitative estimate of drug-likeness (QED) is 0.241. The zero-order valence-electron chi connectivity index (χ0n) is 15.1. The van der Waals surface area contributed by atoms with Gasteiger partial charge in [-0.25, -0.2) is 0 Å². The van der Waals surface area contributed by atoms with Gasteiger partial charge in [-0.2, -0.15) is 0 Å². The van der Waals surface area contributed by atoms with Crippen molar-refractivity contribution in [1.29, 1.82) is 0 Å². The molecule has 0 saturated carbocycles. The minimum atomic E-state index is 0.00360. The molecule has 0 bridgehead atoms. The standard InChI is InChI=1S/C23H19BrO2S/c1-16-3-13-21(14-4-16)27-22(15-17-5-11-20(26-2)12-6-17)23(25)18-7-9-19(24)10-8-18/h3-15H,1-2H3. The van der Waals surface area contributed by atoms with Crippen LogP contribution in [-0.4, -0.2) is 12.9 Å². The highest BCUT2D eigenvalue weighted by Crippen LogP contribution is 2.31. The Kier molecular flexibility index (Phi) is 6.54. The first kappa shape index (κ1) is 19.5. The molecule has 136 valence electrons. The molecule has 0 atom stereocenters. The highest BCUT2D eigenvalue weighted by molar-refractivity contribution is 9.10. The fraction of sp³-hybridized carbons (Fsp3) is 0.0870. The Morgan fingerprint density at radius 3 is 2.15 bits per heavy atom. The number of halogens is 1. The number of hydrogen-bond acceptors (Lipinski definition) is 3. The second kappa shape index (κ2) is 9.07. The number of methoxy groups -OCH3 is 1. The number of benzene rings is 3. The van der Waals surface area contributed by atoms with Crippen molar-refractivity contribution in [3.05, 3.63) is 98.9 Å². The lowest BCUT2D eigenvalue weighted by atomic mass is 10.1. The Morgan fingerprint density at radius 2 is 1.56 bits per heavy atom. The summed E-state index contributed by atoms with van der Waals surface area (Å²) in [6.45, 7) is 2.05. The first-order valence-electron chi connectivity index (χ1n) is 8.46. The van der Waals surface area contributed by atoms with E-state index in [1.807, 2.05) is 66.7 Å². The lowest BCUT2D eigenvalue weighted by molar-refractivity contribution is 0.104. The number of rotatable bonds is 6. The van der Waals surface area contributed by atoms with E-state index in [9.17, 15) is 4.79 Å². The van der Waals surface area contributed by atoms with Gasteiger partial charge in [-0.05, 0) is 67.1 Å². The molecule has 0 amide bonds. The van der Waals surface area contributed by atoms with Crippen LogP contribution in [0.4, 0.5) is 0 Å². The molecule has 0 spiro atoms. The molecular formula is C23H19BrO2S. The van der Waals surface area contributed by atoms with Crippen molar-refractivity contribution in [2.75, 3.05) is 7.11 Å². The molecule has 3 aromatic rings. The summed E-state index contributed by atoms with van der Waals surface area (Å²) in [6, 6.07) is 23.3. The molecule has 2 nitrogen and oxygen atoms in total. The number of carbonyl (C=O) groups excluding carboxylic acids is 1. The van der Waals surface area contributed by atoms with Gasteiger partial charge in [0.15, 0.2) is 5.78 Å². The van der Waals surface area contributed by atoms with Crippen LogP contribution in [0.25, 0.3) is 6.08 Å². The zero-order chi connectivity index (χ0) is 19.2. The lowest BCUT2D eigenvalue weighted by Crippen LogP contribution is -2.01. The van der Waals surface area contributed by atoms with E-state index in [0.29, 0.717) is 10.5 Å². The maximum Gasteiger partial charge on any atom is 0.199 e. The van der Waals surface area contributed by atoms with Crippen molar-refractivity contribution in [2.45, 2.75) is 11.8 Å². The van der Waals surface area contributed by atoms with Crippen LogP contribution >= 0.6 is 27.7 Å². The number of thioether (sulfide) groups is 1. The molecule has 0 aliphatic heterocycles.